The van der Waals surface area contributed by atoms with Gasteiger partial charge in [0.2, 0.25) is 0 Å². The van der Waals surface area contributed by atoms with Gasteiger partial charge in [-0.15, -0.1) is 0 Å². The van der Waals surface area contributed by atoms with E-state index >= 15 is 0 Å². The Morgan fingerprint density at radius 1 is 1.50 bits per heavy atom. The van der Waals surface area contributed by atoms with Gasteiger partial charge in [-0.1, -0.05) is 0 Å². The molecule has 0 aromatic carbocycles. The van der Waals surface area contributed by atoms with Gasteiger partial charge in [-0.3, -0.25) is 0 Å². The number of hydrogen-bond donors (Lipinski definition) is 1. The summed E-state index contributed by atoms with van der Waals surface area (Å²) in [5.74, 6) is 0.731. The maximum absolute atomic E-state index is 5.95. The molecule has 1 saturated heterocycles. The summed E-state index contributed by atoms with van der Waals surface area (Å²) in [6, 6.07) is 0.397. The summed E-state index contributed by atoms with van der Waals surface area (Å²) in [6.45, 7) is 3.57. The molecule has 0 saturated carbocycles. The van der Waals surface area contributed by atoms with Crippen LogP contribution in [-0.4, -0.2) is 23.0 Å². The lowest BCUT2D eigenvalue weighted by atomic mass is 10.1. The zero-order valence-corrected chi connectivity index (χ0v) is 9.75. The Hall–Kier alpha value is -0.550. The van der Waals surface area contributed by atoms with Crippen LogP contribution in [0.1, 0.15) is 24.6 Å². The Labute approximate surface area is 91.5 Å². The molecule has 1 aliphatic rings. The van der Waals surface area contributed by atoms with E-state index in [4.69, 9.17) is 10.5 Å². The van der Waals surface area contributed by atoms with Crippen LogP contribution in [0.5, 0.6) is 0 Å². The van der Waals surface area contributed by atoms with Gasteiger partial charge in [-0.2, -0.15) is 5.10 Å². The summed E-state index contributed by atoms with van der Waals surface area (Å²) < 4.78 is 8.14. The molecule has 1 fully saturated rings. The van der Waals surface area contributed by atoms with Gasteiger partial charge in [0.05, 0.1) is 16.2 Å². The van der Waals surface area contributed by atoms with Gasteiger partial charge in [0.25, 0.3) is 0 Å². The van der Waals surface area contributed by atoms with Crippen LogP contribution in [0.3, 0.4) is 0 Å². The van der Waals surface area contributed by atoms with Crippen molar-refractivity contribution in [1.82, 2.24) is 9.78 Å². The number of rotatable bonds is 1. The van der Waals surface area contributed by atoms with Crippen LogP contribution < -0.4 is 5.73 Å². The molecule has 0 atom stereocenters. The number of aryl methyl sites for hydroxylation is 1. The number of nitrogen functional groups attached to an aromatic ring is 1. The van der Waals surface area contributed by atoms with Crippen molar-refractivity contribution in [2.24, 2.45) is 0 Å². The zero-order chi connectivity index (χ0) is 10.1. The van der Waals surface area contributed by atoms with Crippen LogP contribution >= 0.6 is 15.9 Å². The first-order valence-electron chi connectivity index (χ1n) is 4.78. The number of halogens is 1. The molecule has 1 aromatic rings. The van der Waals surface area contributed by atoms with Crippen LogP contribution in [-0.2, 0) is 4.74 Å². The first kappa shape index (κ1) is 9.98. The minimum Gasteiger partial charge on any atom is -0.383 e. The summed E-state index contributed by atoms with van der Waals surface area (Å²) in [6.07, 6.45) is 2.00. The van der Waals surface area contributed by atoms with Gasteiger partial charge in [0.1, 0.15) is 5.82 Å². The van der Waals surface area contributed by atoms with Crippen LogP contribution in [0.4, 0.5) is 5.82 Å². The molecule has 14 heavy (non-hydrogen) atoms. The van der Waals surface area contributed by atoms with Crippen LogP contribution in [0.25, 0.3) is 0 Å². The van der Waals surface area contributed by atoms with Crippen molar-refractivity contribution in [2.45, 2.75) is 25.8 Å². The van der Waals surface area contributed by atoms with Crippen molar-refractivity contribution in [3.05, 3.63) is 10.2 Å². The second kappa shape index (κ2) is 3.90. The molecule has 2 heterocycles. The lowest BCUT2D eigenvalue weighted by Gasteiger charge is -2.23. The van der Waals surface area contributed by atoms with Crippen LogP contribution in [0.2, 0.25) is 0 Å². The third kappa shape index (κ3) is 1.66. The monoisotopic (exact) mass is 259 g/mol. The number of hydrogen-bond acceptors (Lipinski definition) is 3. The average Bonchev–Trinajstić information content (AvgIpc) is 2.47. The van der Waals surface area contributed by atoms with E-state index in [9.17, 15) is 0 Å². The molecule has 0 unspecified atom stereocenters. The average molecular weight is 260 g/mol. The second-order valence-corrected chi connectivity index (χ2v) is 4.37. The summed E-state index contributed by atoms with van der Waals surface area (Å²) >= 11 is 3.43. The maximum atomic E-state index is 5.95. The Morgan fingerprint density at radius 2 is 2.14 bits per heavy atom. The minimum absolute atomic E-state index is 0.397. The number of anilines is 1. The van der Waals surface area contributed by atoms with E-state index in [-0.39, 0.29) is 0 Å². The summed E-state index contributed by atoms with van der Waals surface area (Å²) in [4.78, 5) is 0. The fraction of sp³-hybridized carbons (Fsp3) is 0.667. The normalized spacial score (nSPS) is 18.7. The van der Waals surface area contributed by atoms with Crippen molar-refractivity contribution in [2.75, 3.05) is 18.9 Å². The molecule has 0 aliphatic carbocycles. The lowest BCUT2D eigenvalue weighted by Crippen LogP contribution is -2.21. The quantitative estimate of drug-likeness (QED) is 0.838. The predicted octanol–water partition coefficient (Wildman–Crippen LogP) is 1.89. The van der Waals surface area contributed by atoms with Gasteiger partial charge < -0.3 is 10.5 Å². The van der Waals surface area contributed by atoms with E-state index in [2.05, 4.69) is 21.0 Å². The molecule has 4 nitrogen and oxygen atoms in total. The highest BCUT2D eigenvalue weighted by molar-refractivity contribution is 9.10. The number of ether oxygens (including phenoxy) is 1. The highest BCUT2D eigenvalue weighted by Gasteiger charge is 2.20. The Bertz CT molecular complexity index is 331. The molecule has 0 bridgehead atoms. The first-order valence-corrected chi connectivity index (χ1v) is 5.57. The highest BCUT2D eigenvalue weighted by Crippen LogP contribution is 2.29. The van der Waals surface area contributed by atoms with E-state index in [1.54, 1.807) is 0 Å². The lowest BCUT2D eigenvalue weighted by molar-refractivity contribution is 0.0668. The van der Waals surface area contributed by atoms with Crippen molar-refractivity contribution >= 4 is 21.7 Å². The largest absolute Gasteiger partial charge is 0.383 e. The van der Waals surface area contributed by atoms with Crippen molar-refractivity contribution in [1.29, 1.82) is 0 Å². The van der Waals surface area contributed by atoms with E-state index < -0.39 is 0 Å². The standard InChI is InChI=1S/C9H14BrN3O/c1-6-8(10)9(11)13(12-6)7-2-4-14-5-3-7/h7H,2-5,11H2,1H3. The summed E-state index contributed by atoms with van der Waals surface area (Å²) in [7, 11) is 0. The smallest absolute Gasteiger partial charge is 0.136 e. The Kier molecular flexibility index (Phi) is 2.78. The minimum atomic E-state index is 0.397. The van der Waals surface area contributed by atoms with Gasteiger partial charge in [0, 0.05) is 13.2 Å². The van der Waals surface area contributed by atoms with Crippen molar-refractivity contribution in [3.63, 3.8) is 0 Å². The SMILES string of the molecule is Cc1nn(C2CCOCC2)c(N)c1Br. The molecule has 2 rings (SSSR count). The molecule has 0 radical (unpaired) electrons. The molecule has 78 valence electrons. The van der Waals surface area contributed by atoms with E-state index in [1.807, 2.05) is 11.6 Å². The molecule has 2 N–H and O–H groups in total. The van der Waals surface area contributed by atoms with E-state index in [1.165, 1.54) is 0 Å². The highest BCUT2D eigenvalue weighted by atomic mass is 79.9. The molecule has 5 heteroatoms. The van der Waals surface area contributed by atoms with Gasteiger partial charge >= 0.3 is 0 Å². The number of aromatic nitrogens is 2. The summed E-state index contributed by atoms with van der Waals surface area (Å²) in [5, 5.41) is 4.42. The van der Waals surface area contributed by atoms with Crippen molar-refractivity contribution in [3.8, 4) is 0 Å². The van der Waals surface area contributed by atoms with Gasteiger partial charge in [0.15, 0.2) is 0 Å². The fourth-order valence-electron chi connectivity index (χ4n) is 1.75. The summed E-state index contributed by atoms with van der Waals surface area (Å²) in [5.41, 5.74) is 6.90. The second-order valence-electron chi connectivity index (χ2n) is 3.57. The molecular weight excluding hydrogens is 246 g/mol. The van der Waals surface area contributed by atoms with E-state index in [0.717, 1.165) is 42.0 Å². The van der Waals surface area contributed by atoms with Crippen molar-refractivity contribution < 1.29 is 4.74 Å². The topological polar surface area (TPSA) is 53.1 Å². The number of nitrogens with two attached hydrogens (primary N) is 1. The molecular formula is C9H14BrN3O. The van der Waals surface area contributed by atoms with Crippen LogP contribution in [0, 0.1) is 6.92 Å². The molecule has 1 aliphatic heterocycles. The predicted molar refractivity (Wildman–Crippen MR) is 58.2 cm³/mol. The van der Waals surface area contributed by atoms with E-state index in [0.29, 0.717) is 6.04 Å². The Morgan fingerprint density at radius 3 is 2.64 bits per heavy atom. The van der Waals surface area contributed by atoms with Gasteiger partial charge in [-0.05, 0) is 35.7 Å². The Balaban J connectivity index is 2.26. The molecule has 1 aromatic heterocycles. The zero-order valence-electron chi connectivity index (χ0n) is 8.16. The fourth-order valence-corrected chi connectivity index (χ4v) is 2.01. The third-order valence-electron chi connectivity index (χ3n) is 2.58. The van der Waals surface area contributed by atoms with Gasteiger partial charge in [-0.25, -0.2) is 4.68 Å². The number of nitrogens with zero attached hydrogens (tertiary/aromatic N) is 2. The van der Waals surface area contributed by atoms with Crippen LogP contribution in [0.15, 0.2) is 4.47 Å². The molecule has 0 spiro atoms. The maximum Gasteiger partial charge on any atom is 0.136 e. The first-order chi connectivity index (χ1) is 6.70. The molecule has 0 amide bonds. The third-order valence-corrected chi connectivity index (χ3v) is 3.56.